The molecule has 1 aliphatic rings. The lowest BCUT2D eigenvalue weighted by molar-refractivity contribution is 0.0950. The summed E-state index contributed by atoms with van der Waals surface area (Å²) in [7, 11) is 0. The van der Waals surface area contributed by atoms with Crippen molar-refractivity contribution >= 4 is 37.8 Å². The predicted molar refractivity (Wildman–Crippen MR) is 90.0 cm³/mol. The molecule has 2 N–H and O–H groups in total. The molecule has 0 bridgehead atoms. The Morgan fingerprint density at radius 1 is 1.10 bits per heavy atom. The molecule has 2 aromatic carbocycles. The minimum Gasteiger partial charge on any atom is -0.348 e. The molecule has 0 unspecified atom stereocenters. The number of nitrogens with one attached hydrogen (secondary N) is 2. The molecule has 0 spiro atoms. The second-order valence-corrected chi connectivity index (χ2v) is 6.78. The smallest absolute Gasteiger partial charge is 0.252 e. The van der Waals surface area contributed by atoms with E-state index in [1.165, 1.54) is 11.1 Å². The van der Waals surface area contributed by atoms with Gasteiger partial charge in [-0.3, -0.25) is 4.79 Å². The van der Waals surface area contributed by atoms with Crippen molar-refractivity contribution in [2.24, 2.45) is 0 Å². The summed E-state index contributed by atoms with van der Waals surface area (Å²) in [6, 6.07) is 11.9. The van der Waals surface area contributed by atoms with Gasteiger partial charge in [-0.2, -0.15) is 0 Å². The van der Waals surface area contributed by atoms with Crippen LogP contribution in [-0.4, -0.2) is 5.91 Å². The fourth-order valence-electron chi connectivity index (χ4n) is 2.41. The van der Waals surface area contributed by atoms with Crippen molar-refractivity contribution in [2.45, 2.75) is 19.6 Å². The van der Waals surface area contributed by atoms with Crippen LogP contribution >= 0.6 is 31.9 Å². The first-order chi connectivity index (χ1) is 10.1. The lowest BCUT2D eigenvalue weighted by atomic mass is 10.1. The molecule has 0 aromatic heterocycles. The summed E-state index contributed by atoms with van der Waals surface area (Å²) in [6.45, 7) is 2.38. The SMILES string of the molecule is O=C(NCc1ccc2c(c1)CNC2)c1cc(Br)ccc1Br. The average Bonchev–Trinajstić information content (AvgIpc) is 2.94. The molecule has 3 nitrogen and oxygen atoms in total. The third-order valence-corrected chi connectivity index (χ3v) is 4.71. The molecule has 0 atom stereocenters. The van der Waals surface area contributed by atoms with Crippen LogP contribution in [0.4, 0.5) is 0 Å². The Balaban J connectivity index is 1.70. The van der Waals surface area contributed by atoms with Crippen LogP contribution in [0.3, 0.4) is 0 Å². The van der Waals surface area contributed by atoms with Crippen LogP contribution in [0.2, 0.25) is 0 Å². The number of halogens is 2. The average molecular weight is 410 g/mol. The Hall–Kier alpha value is -1.17. The predicted octanol–water partition coefficient (Wildman–Crippen LogP) is 3.74. The number of amides is 1. The maximum atomic E-state index is 12.3. The Labute approximate surface area is 140 Å². The van der Waals surface area contributed by atoms with Crippen molar-refractivity contribution < 1.29 is 4.79 Å². The van der Waals surface area contributed by atoms with E-state index >= 15 is 0 Å². The summed E-state index contributed by atoms with van der Waals surface area (Å²) in [6.07, 6.45) is 0. The van der Waals surface area contributed by atoms with Crippen molar-refractivity contribution in [3.8, 4) is 0 Å². The van der Waals surface area contributed by atoms with Crippen LogP contribution in [0.1, 0.15) is 27.0 Å². The Morgan fingerprint density at radius 3 is 2.76 bits per heavy atom. The summed E-state index contributed by atoms with van der Waals surface area (Å²) in [5, 5.41) is 6.28. The molecule has 0 radical (unpaired) electrons. The van der Waals surface area contributed by atoms with Crippen LogP contribution in [0.15, 0.2) is 45.3 Å². The zero-order valence-corrected chi connectivity index (χ0v) is 14.4. The van der Waals surface area contributed by atoms with E-state index < -0.39 is 0 Å². The fourth-order valence-corrected chi connectivity index (χ4v) is 3.19. The molecular weight excluding hydrogens is 396 g/mol. The van der Waals surface area contributed by atoms with Crippen LogP contribution < -0.4 is 10.6 Å². The van der Waals surface area contributed by atoms with Gasteiger partial charge in [0.15, 0.2) is 0 Å². The maximum Gasteiger partial charge on any atom is 0.252 e. The number of fused-ring (bicyclic) bond motifs is 1. The van der Waals surface area contributed by atoms with Gasteiger partial charge < -0.3 is 10.6 Å². The Morgan fingerprint density at radius 2 is 1.90 bits per heavy atom. The zero-order chi connectivity index (χ0) is 14.8. The summed E-state index contributed by atoms with van der Waals surface area (Å²) in [4.78, 5) is 12.3. The van der Waals surface area contributed by atoms with Crippen LogP contribution in [0.5, 0.6) is 0 Å². The highest BCUT2D eigenvalue weighted by molar-refractivity contribution is 9.11. The third kappa shape index (κ3) is 3.36. The minimum absolute atomic E-state index is 0.0817. The maximum absolute atomic E-state index is 12.3. The molecule has 0 fully saturated rings. The molecule has 2 aromatic rings. The first-order valence-electron chi connectivity index (χ1n) is 6.68. The number of carbonyl (C=O) groups is 1. The molecule has 3 rings (SSSR count). The van der Waals surface area contributed by atoms with Crippen molar-refractivity contribution in [3.05, 3.63) is 67.6 Å². The second-order valence-electron chi connectivity index (χ2n) is 5.01. The number of rotatable bonds is 3. The number of benzene rings is 2. The molecule has 21 heavy (non-hydrogen) atoms. The van der Waals surface area contributed by atoms with Gasteiger partial charge in [0.1, 0.15) is 0 Å². The standard InChI is InChI=1S/C16H14Br2N2O/c17-13-3-4-15(18)14(6-13)16(21)20-7-10-1-2-11-8-19-9-12(11)5-10/h1-6,19H,7-9H2,(H,20,21). The third-order valence-electron chi connectivity index (χ3n) is 3.53. The fraction of sp³-hybridized carbons (Fsp3) is 0.188. The highest BCUT2D eigenvalue weighted by atomic mass is 79.9. The Kier molecular flexibility index (Phi) is 4.42. The van der Waals surface area contributed by atoms with Gasteiger partial charge in [-0.15, -0.1) is 0 Å². The van der Waals surface area contributed by atoms with Gasteiger partial charge in [0.2, 0.25) is 0 Å². The molecule has 1 amide bonds. The Bertz CT molecular complexity index is 701. The van der Waals surface area contributed by atoms with Crippen molar-refractivity contribution in [1.29, 1.82) is 0 Å². The first kappa shape index (κ1) is 14.8. The van der Waals surface area contributed by atoms with E-state index in [9.17, 15) is 4.79 Å². The summed E-state index contributed by atoms with van der Waals surface area (Å²) in [5.74, 6) is -0.0817. The van der Waals surface area contributed by atoms with E-state index in [4.69, 9.17) is 0 Å². The van der Waals surface area contributed by atoms with Crippen molar-refractivity contribution in [2.75, 3.05) is 0 Å². The van der Waals surface area contributed by atoms with Crippen molar-refractivity contribution in [3.63, 3.8) is 0 Å². The molecule has 5 heteroatoms. The van der Waals surface area contributed by atoms with Gasteiger partial charge in [0.05, 0.1) is 5.56 Å². The van der Waals surface area contributed by atoms with Gasteiger partial charge in [0, 0.05) is 28.6 Å². The molecule has 0 aliphatic carbocycles. The largest absolute Gasteiger partial charge is 0.348 e. The van der Waals surface area contributed by atoms with Crippen LogP contribution in [0, 0.1) is 0 Å². The minimum atomic E-state index is -0.0817. The van der Waals surface area contributed by atoms with Crippen molar-refractivity contribution in [1.82, 2.24) is 10.6 Å². The van der Waals surface area contributed by atoms with E-state index in [2.05, 4.69) is 60.7 Å². The van der Waals surface area contributed by atoms with Gasteiger partial charge >= 0.3 is 0 Å². The van der Waals surface area contributed by atoms with E-state index in [1.807, 2.05) is 18.2 Å². The molecule has 0 saturated heterocycles. The number of hydrogen-bond donors (Lipinski definition) is 2. The topological polar surface area (TPSA) is 41.1 Å². The van der Waals surface area contributed by atoms with E-state index in [1.54, 1.807) is 0 Å². The quantitative estimate of drug-likeness (QED) is 0.810. The first-order valence-corrected chi connectivity index (χ1v) is 8.27. The van der Waals surface area contributed by atoms with Crippen LogP contribution in [0.25, 0.3) is 0 Å². The zero-order valence-electron chi connectivity index (χ0n) is 11.2. The van der Waals surface area contributed by atoms with Gasteiger partial charge in [-0.05, 0) is 50.8 Å². The van der Waals surface area contributed by atoms with E-state index in [0.717, 1.165) is 27.6 Å². The monoisotopic (exact) mass is 408 g/mol. The molecule has 1 heterocycles. The van der Waals surface area contributed by atoms with Gasteiger partial charge in [-0.1, -0.05) is 34.1 Å². The molecule has 1 aliphatic heterocycles. The number of carbonyl (C=O) groups excluding carboxylic acids is 1. The summed E-state index contributed by atoms with van der Waals surface area (Å²) < 4.78 is 1.68. The normalized spacial score (nSPS) is 13.0. The summed E-state index contributed by atoms with van der Waals surface area (Å²) in [5.41, 5.74) is 4.43. The highest BCUT2D eigenvalue weighted by Crippen LogP contribution is 2.22. The highest BCUT2D eigenvalue weighted by Gasteiger charge is 2.12. The van der Waals surface area contributed by atoms with Gasteiger partial charge in [0.25, 0.3) is 5.91 Å². The van der Waals surface area contributed by atoms with E-state index in [-0.39, 0.29) is 5.91 Å². The summed E-state index contributed by atoms with van der Waals surface area (Å²) >= 11 is 6.79. The van der Waals surface area contributed by atoms with Gasteiger partial charge in [-0.25, -0.2) is 0 Å². The van der Waals surface area contributed by atoms with Crippen LogP contribution in [-0.2, 0) is 19.6 Å². The number of hydrogen-bond acceptors (Lipinski definition) is 2. The molecular formula is C16H14Br2N2O. The second kappa shape index (κ2) is 6.30. The lowest BCUT2D eigenvalue weighted by Crippen LogP contribution is -2.23. The molecule has 0 saturated carbocycles. The lowest BCUT2D eigenvalue weighted by Gasteiger charge is -2.09. The van der Waals surface area contributed by atoms with E-state index in [0.29, 0.717) is 12.1 Å². The molecule has 108 valence electrons.